The number of pyridine rings is 2. The van der Waals surface area contributed by atoms with Crippen LogP contribution >= 0.6 is 23.2 Å². The lowest BCUT2D eigenvalue weighted by Gasteiger charge is -2.45. The van der Waals surface area contributed by atoms with E-state index in [1.54, 1.807) is 5.56 Å². The second kappa shape index (κ2) is 29.2. The number of aromatic nitrogens is 2. The van der Waals surface area contributed by atoms with Crippen LogP contribution < -0.4 is 15.1 Å². The zero-order chi connectivity index (χ0) is 59.5. The predicted molar refractivity (Wildman–Crippen MR) is 323 cm³/mol. The van der Waals surface area contributed by atoms with E-state index in [0.717, 1.165) is 131 Å². The van der Waals surface area contributed by atoms with Gasteiger partial charge in [0, 0.05) is 108 Å². The Labute approximate surface area is 504 Å². The standard InChI is InChI=1S/C32H45N5O3.C28H39N5O.C2HF3O2.CH2Cl2/c1-32(2,3)40-31(38)37-19-24-9-6-11-28(36-16-14-35(15-17-36)26-21-39-22-26)27(24)18-25(37)20-34(4)29-12-5-8-23-10-7-13-33-30(23)29;1-2-31(27-10-3-6-21-8-5-11-29-28(21)27)18-23-16-25-22(17-30-23)7-4-9-26(25)33-14-12-32(13-15-33)24-19-34-20-24;3-2(4,5)1(6)7;2-1-3/h6-7,9-11,13,25-26,29H,5,8,12,14-22H2,1-4H3;4-5,7-9,11,23-24,27,30H,2-3,6,10,12-20H2,1H3;(H,6,7);1H2/t25-,29?;23-,27?;;/m11../s1. The highest BCUT2D eigenvalue weighted by Crippen LogP contribution is 2.38. The molecule has 16 nitrogen and oxygen atoms in total. The third-order valence-corrected chi connectivity index (χ3v) is 17.9. The number of carbonyl (C=O) groups excluding carboxylic acids is 1. The van der Waals surface area contributed by atoms with E-state index in [1.165, 1.54) is 76.3 Å². The maximum absolute atomic E-state index is 13.6. The molecule has 0 radical (unpaired) electrons. The largest absolute Gasteiger partial charge is 0.490 e. The maximum Gasteiger partial charge on any atom is 0.490 e. The highest BCUT2D eigenvalue weighted by molar-refractivity contribution is 6.40. The van der Waals surface area contributed by atoms with Crippen LogP contribution in [-0.2, 0) is 57.8 Å². The van der Waals surface area contributed by atoms with Gasteiger partial charge in [0.2, 0.25) is 0 Å². The molecule has 1 amide bonds. The van der Waals surface area contributed by atoms with Crippen molar-refractivity contribution in [2.45, 2.75) is 140 Å². The molecule has 2 unspecified atom stereocenters. The van der Waals surface area contributed by atoms with Crippen LogP contribution in [0.2, 0.25) is 0 Å². The van der Waals surface area contributed by atoms with Gasteiger partial charge < -0.3 is 34.4 Å². The molecular weight excluding hydrogens is 1120 g/mol. The molecule has 8 aliphatic rings. The zero-order valence-electron chi connectivity index (χ0n) is 49.7. The van der Waals surface area contributed by atoms with Crippen LogP contribution in [0, 0.1) is 0 Å². The van der Waals surface area contributed by atoms with Crippen molar-refractivity contribution >= 4 is 46.6 Å². The Morgan fingerprint density at radius 1 is 0.714 bits per heavy atom. The van der Waals surface area contributed by atoms with Crippen LogP contribution in [0.15, 0.2) is 73.1 Å². The van der Waals surface area contributed by atoms with Gasteiger partial charge in [-0.05, 0) is 143 Å². The number of anilines is 2. The number of fused-ring (bicyclic) bond motifs is 4. The number of benzene rings is 2. The second-order valence-electron chi connectivity index (χ2n) is 24.3. The molecule has 12 rings (SSSR count). The molecule has 6 aliphatic heterocycles. The monoisotopic (exact) mass is 1210 g/mol. The number of piperazine rings is 2. The lowest BCUT2D eigenvalue weighted by atomic mass is 9.89. The number of carboxylic acids is 1. The van der Waals surface area contributed by atoms with Crippen LogP contribution in [0.3, 0.4) is 0 Å². The van der Waals surface area contributed by atoms with Crippen molar-refractivity contribution in [1.82, 2.24) is 39.8 Å². The van der Waals surface area contributed by atoms with Crippen molar-refractivity contribution in [3.05, 3.63) is 118 Å². The highest BCUT2D eigenvalue weighted by atomic mass is 35.5. The van der Waals surface area contributed by atoms with Crippen LogP contribution in [-0.4, -0.2) is 198 Å². The number of aryl methyl sites for hydroxylation is 2. The number of hydrogen-bond donors (Lipinski definition) is 2. The van der Waals surface area contributed by atoms with Gasteiger partial charge in [-0.25, -0.2) is 9.59 Å². The van der Waals surface area contributed by atoms with Gasteiger partial charge in [0.15, 0.2) is 0 Å². The van der Waals surface area contributed by atoms with Crippen molar-refractivity contribution < 1.29 is 42.1 Å². The number of ether oxygens (including phenoxy) is 3. The summed E-state index contributed by atoms with van der Waals surface area (Å²) in [7, 11) is 2.20. The van der Waals surface area contributed by atoms with E-state index in [-0.39, 0.29) is 23.5 Å². The summed E-state index contributed by atoms with van der Waals surface area (Å²) in [6.07, 6.45) is 7.55. The number of nitrogens with zero attached hydrogens (tertiary/aromatic N) is 9. The second-order valence-corrected chi connectivity index (χ2v) is 25.2. The molecule has 4 atom stereocenters. The van der Waals surface area contributed by atoms with Crippen molar-refractivity contribution in [1.29, 1.82) is 0 Å². The molecule has 4 saturated heterocycles. The third-order valence-electron chi connectivity index (χ3n) is 17.9. The molecule has 2 aliphatic carbocycles. The normalized spacial score (nSPS) is 22.9. The number of halogens is 5. The van der Waals surface area contributed by atoms with Gasteiger partial charge in [-0.2, -0.15) is 13.2 Å². The summed E-state index contributed by atoms with van der Waals surface area (Å²) in [5.41, 5.74) is 13.3. The quantitative estimate of drug-likeness (QED) is 0.138. The summed E-state index contributed by atoms with van der Waals surface area (Å²) in [6, 6.07) is 24.7. The van der Waals surface area contributed by atoms with Crippen molar-refractivity contribution in [2.24, 2.45) is 0 Å². The lowest BCUT2D eigenvalue weighted by molar-refractivity contribution is -0.192. The van der Waals surface area contributed by atoms with E-state index < -0.39 is 17.7 Å². The number of hydrogen-bond acceptors (Lipinski definition) is 14. The SMILES string of the molecule is CCN(C[C@H]1Cc2c(cccc2N2CCN(C3COC3)CC2)CN1)C1CCCc2cccnc21.CN(C[C@H]1Cc2c(cccc2N2CCN(C3COC3)CC2)CN1C(=O)OC(C)(C)C)C1CCCc2cccnc21.ClCCl.O=C(O)C(F)(F)F. The number of amides is 1. The number of alkyl halides is 5. The molecule has 0 saturated carbocycles. The fourth-order valence-electron chi connectivity index (χ4n) is 13.4. The Morgan fingerprint density at radius 2 is 1.20 bits per heavy atom. The van der Waals surface area contributed by atoms with E-state index in [9.17, 15) is 18.0 Å². The number of carboxylic acid groups (broad SMARTS) is 1. The number of rotatable bonds is 11. The molecule has 84 heavy (non-hydrogen) atoms. The Bertz CT molecular complexity index is 2790. The number of aliphatic carboxylic acids is 1. The van der Waals surface area contributed by atoms with Gasteiger partial charge >= 0.3 is 18.2 Å². The molecule has 8 heterocycles. The summed E-state index contributed by atoms with van der Waals surface area (Å²) in [4.78, 5) is 49.5. The van der Waals surface area contributed by atoms with Gasteiger partial charge in [-0.1, -0.05) is 43.3 Å². The lowest BCUT2D eigenvalue weighted by Crippen LogP contribution is -2.57. The summed E-state index contributed by atoms with van der Waals surface area (Å²) in [6.45, 7) is 25.0. The fraction of sp³-hybridized carbons (Fsp3) is 0.619. The van der Waals surface area contributed by atoms with E-state index in [2.05, 4.69) is 103 Å². The molecular formula is C63H87Cl2F3N10O6. The van der Waals surface area contributed by atoms with Gasteiger partial charge in [0.1, 0.15) is 5.60 Å². The minimum Gasteiger partial charge on any atom is -0.475 e. The van der Waals surface area contributed by atoms with E-state index in [1.807, 2.05) is 44.1 Å². The number of carbonyl (C=O) groups is 2. The summed E-state index contributed by atoms with van der Waals surface area (Å²) in [5, 5.41) is 11.2. The Balaban J connectivity index is 0.000000175. The molecule has 0 bridgehead atoms. The first-order valence-electron chi connectivity index (χ1n) is 30.2. The van der Waals surface area contributed by atoms with Gasteiger partial charge in [-0.3, -0.25) is 34.5 Å². The third kappa shape index (κ3) is 16.0. The van der Waals surface area contributed by atoms with Crippen LogP contribution in [0.5, 0.6) is 0 Å². The van der Waals surface area contributed by atoms with E-state index >= 15 is 0 Å². The Hall–Kier alpha value is -4.83. The fourth-order valence-corrected chi connectivity index (χ4v) is 13.4. The van der Waals surface area contributed by atoms with Crippen molar-refractivity contribution in [3.63, 3.8) is 0 Å². The molecule has 2 aromatic heterocycles. The molecule has 2 N–H and O–H groups in total. The van der Waals surface area contributed by atoms with Crippen molar-refractivity contribution in [2.75, 3.05) is 121 Å². The van der Waals surface area contributed by atoms with E-state index in [4.69, 9.17) is 57.3 Å². The van der Waals surface area contributed by atoms with Crippen molar-refractivity contribution in [3.8, 4) is 0 Å². The Morgan fingerprint density at radius 3 is 1.69 bits per heavy atom. The molecule has 4 aromatic rings. The molecule has 2 aromatic carbocycles. The maximum atomic E-state index is 13.6. The topological polar surface area (TPSA) is 143 Å². The summed E-state index contributed by atoms with van der Waals surface area (Å²) in [5.74, 6) is -2.76. The van der Waals surface area contributed by atoms with Crippen LogP contribution in [0.4, 0.5) is 29.3 Å². The van der Waals surface area contributed by atoms with E-state index in [0.29, 0.717) is 30.7 Å². The number of nitrogens with one attached hydrogen (secondary N) is 1. The molecule has 21 heteroatoms. The summed E-state index contributed by atoms with van der Waals surface area (Å²) < 4.78 is 48.5. The molecule has 4 fully saturated rings. The minimum absolute atomic E-state index is 0.0241. The molecule has 460 valence electrons. The van der Waals surface area contributed by atoms with Gasteiger partial charge in [0.05, 0.1) is 73.4 Å². The zero-order valence-corrected chi connectivity index (χ0v) is 51.2. The highest BCUT2D eigenvalue weighted by Gasteiger charge is 2.40. The minimum atomic E-state index is -5.08. The summed E-state index contributed by atoms with van der Waals surface area (Å²) >= 11 is 9.53. The first-order chi connectivity index (χ1) is 40.4. The van der Waals surface area contributed by atoms with Gasteiger partial charge in [-0.15, -0.1) is 23.2 Å². The number of likely N-dealkylation sites (N-methyl/N-ethyl adjacent to an activating group) is 2. The Kier molecular flexibility index (Phi) is 22.2. The predicted octanol–water partition coefficient (Wildman–Crippen LogP) is 9.34. The first-order valence-corrected chi connectivity index (χ1v) is 31.3. The molecule has 0 spiro atoms. The first kappa shape index (κ1) is 63.7. The van der Waals surface area contributed by atoms with Gasteiger partial charge in [0.25, 0.3) is 0 Å². The smallest absolute Gasteiger partial charge is 0.475 e. The average molecular weight is 1210 g/mol. The average Bonchev–Trinajstić information content (AvgIpc) is 2.22. The van der Waals surface area contributed by atoms with Crippen LogP contribution in [0.1, 0.15) is 110 Å². The van der Waals surface area contributed by atoms with Crippen LogP contribution in [0.25, 0.3) is 0 Å².